The summed E-state index contributed by atoms with van der Waals surface area (Å²) in [6, 6.07) is 27.5. The first-order valence-electron chi connectivity index (χ1n) is 19.5. The van der Waals surface area contributed by atoms with Crippen molar-refractivity contribution in [2.75, 3.05) is 27.4 Å². The molecular weight excluding hydrogens is 709 g/mol. The van der Waals surface area contributed by atoms with Gasteiger partial charge >= 0.3 is 11.9 Å². The molecule has 0 bridgehead atoms. The lowest BCUT2D eigenvalue weighted by molar-refractivity contribution is -0.139. The van der Waals surface area contributed by atoms with E-state index in [0.717, 1.165) is 49.8 Å². The molecule has 0 radical (unpaired) electrons. The van der Waals surface area contributed by atoms with Gasteiger partial charge in [-0.25, -0.2) is 9.59 Å². The quantitative estimate of drug-likeness (QED) is 0.0544. The number of para-hydroxylation sites is 1. The SMILES string of the molecule is CCCCC(CC)COC(=O)/C=C/c1ccc(OC)cc1.CCCCC(CC)COC(=O)c1ccccc1O.COc1ccc(C(=O)c2ccccc2)c(O)c1. The molecule has 0 saturated carbocycles. The zero-order valence-electron chi connectivity index (χ0n) is 33.9. The van der Waals surface area contributed by atoms with E-state index in [1.807, 2.05) is 30.3 Å². The van der Waals surface area contributed by atoms with Gasteiger partial charge in [0.1, 0.15) is 28.6 Å². The van der Waals surface area contributed by atoms with Crippen LogP contribution in [0.3, 0.4) is 0 Å². The molecule has 56 heavy (non-hydrogen) atoms. The van der Waals surface area contributed by atoms with E-state index >= 15 is 0 Å². The Hall–Kier alpha value is -5.57. The van der Waals surface area contributed by atoms with Gasteiger partial charge in [-0.3, -0.25) is 4.79 Å². The van der Waals surface area contributed by atoms with Crippen molar-refractivity contribution in [3.63, 3.8) is 0 Å². The molecule has 0 aromatic heterocycles. The van der Waals surface area contributed by atoms with Crippen molar-refractivity contribution in [3.8, 4) is 23.0 Å². The molecular formula is C47H60O9. The van der Waals surface area contributed by atoms with Gasteiger partial charge in [-0.05, 0) is 72.7 Å². The molecule has 9 heteroatoms. The van der Waals surface area contributed by atoms with E-state index in [9.17, 15) is 24.6 Å². The van der Waals surface area contributed by atoms with Crippen LogP contribution in [0.1, 0.15) is 111 Å². The molecule has 2 N–H and O–H groups in total. The maximum absolute atomic E-state index is 12.1. The Kier molecular flexibility index (Phi) is 22.5. The van der Waals surface area contributed by atoms with Crippen LogP contribution in [-0.2, 0) is 14.3 Å². The van der Waals surface area contributed by atoms with E-state index in [0.29, 0.717) is 36.4 Å². The highest BCUT2D eigenvalue weighted by Crippen LogP contribution is 2.26. The predicted molar refractivity (Wildman–Crippen MR) is 223 cm³/mol. The Morgan fingerprint density at radius 3 is 1.71 bits per heavy atom. The molecule has 0 heterocycles. The van der Waals surface area contributed by atoms with Gasteiger partial charge in [0, 0.05) is 17.7 Å². The molecule has 9 nitrogen and oxygen atoms in total. The van der Waals surface area contributed by atoms with Gasteiger partial charge in [-0.15, -0.1) is 0 Å². The summed E-state index contributed by atoms with van der Waals surface area (Å²) in [6.07, 6.45) is 12.2. The summed E-state index contributed by atoms with van der Waals surface area (Å²) in [5.41, 5.74) is 2.01. The summed E-state index contributed by atoms with van der Waals surface area (Å²) in [4.78, 5) is 35.5. The molecule has 2 unspecified atom stereocenters. The molecule has 4 aromatic rings. The van der Waals surface area contributed by atoms with E-state index in [1.165, 1.54) is 38.2 Å². The Morgan fingerprint density at radius 1 is 0.625 bits per heavy atom. The van der Waals surface area contributed by atoms with Crippen molar-refractivity contribution < 1.29 is 43.5 Å². The third-order valence-corrected chi connectivity index (χ3v) is 9.14. The van der Waals surface area contributed by atoms with Gasteiger partial charge < -0.3 is 29.2 Å². The van der Waals surface area contributed by atoms with Crippen molar-refractivity contribution in [3.05, 3.63) is 125 Å². The minimum Gasteiger partial charge on any atom is -0.507 e. The fraction of sp³-hybridized carbons (Fsp3) is 0.383. The van der Waals surface area contributed by atoms with E-state index in [4.69, 9.17) is 18.9 Å². The van der Waals surface area contributed by atoms with Crippen molar-refractivity contribution in [1.29, 1.82) is 0 Å². The Balaban J connectivity index is 0.000000292. The van der Waals surface area contributed by atoms with Crippen molar-refractivity contribution in [2.45, 2.75) is 79.1 Å². The van der Waals surface area contributed by atoms with Crippen LogP contribution < -0.4 is 9.47 Å². The van der Waals surface area contributed by atoms with Gasteiger partial charge in [0.2, 0.25) is 0 Å². The molecule has 0 fully saturated rings. The first-order chi connectivity index (χ1) is 27.1. The van der Waals surface area contributed by atoms with Gasteiger partial charge in [0.05, 0.1) is 33.0 Å². The number of esters is 2. The highest BCUT2D eigenvalue weighted by molar-refractivity contribution is 6.10. The fourth-order valence-electron chi connectivity index (χ4n) is 5.42. The first kappa shape index (κ1) is 46.6. The Morgan fingerprint density at radius 2 is 1.18 bits per heavy atom. The first-order valence-corrected chi connectivity index (χ1v) is 19.5. The van der Waals surface area contributed by atoms with Gasteiger partial charge in [-0.1, -0.05) is 121 Å². The largest absolute Gasteiger partial charge is 0.507 e. The van der Waals surface area contributed by atoms with Gasteiger partial charge in [-0.2, -0.15) is 0 Å². The maximum atomic E-state index is 12.1. The fourth-order valence-corrected chi connectivity index (χ4v) is 5.42. The second kappa shape index (κ2) is 27.1. The van der Waals surface area contributed by atoms with Crippen molar-refractivity contribution >= 4 is 23.8 Å². The number of ether oxygens (including phenoxy) is 4. The number of carbonyl (C=O) groups excluding carboxylic acids is 3. The molecule has 0 amide bonds. The summed E-state index contributed by atoms with van der Waals surface area (Å²) in [5, 5.41) is 19.3. The molecule has 4 rings (SSSR count). The van der Waals surface area contributed by atoms with Crippen LogP contribution in [-0.4, -0.2) is 55.4 Å². The highest BCUT2D eigenvalue weighted by atomic mass is 16.5. The zero-order valence-corrected chi connectivity index (χ0v) is 33.9. The van der Waals surface area contributed by atoms with Gasteiger partial charge in [0.25, 0.3) is 0 Å². The summed E-state index contributed by atoms with van der Waals surface area (Å²) in [6.45, 7) is 9.53. The van der Waals surface area contributed by atoms with E-state index in [-0.39, 0.29) is 34.4 Å². The number of phenolic OH excluding ortho intramolecular Hbond substituents is 2. The summed E-state index contributed by atoms with van der Waals surface area (Å²) in [5.74, 6) is 1.20. The standard InChI is InChI=1S/C18H26O3.C15H22O3.C14H12O3/c1-4-6-7-15(5-2)14-21-18(19)13-10-16-8-11-17(20-3)12-9-16;1-3-5-8-12(4-2)11-18-15(17)13-9-6-7-10-14(13)16;1-17-11-7-8-12(13(15)9-11)14(16)10-5-3-2-4-6-10/h8-13,15H,4-7,14H2,1-3H3;6-7,9-10,12,16H,3-5,8,11H2,1-2H3;2-9,15H,1H3/b13-10+;;. The molecule has 0 aliphatic heterocycles. The van der Waals surface area contributed by atoms with Gasteiger partial charge in [0.15, 0.2) is 5.78 Å². The third kappa shape index (κ3) is 17.3. The number of methoxy groups -OCH3 is 2. The van der Waals surface area contributed by atoms with Crippen LogP contribution >= 0.6 is 0 Å². The maximum Gasteiger partial charge on any atom is 0.341 e. The van der Waals surface area contributed by atoms with Crippen LogP contribution in [0.5, 0.6) is 23.0 Å². The average Bonchev–Trinajstić information content (AvgIpc) is 3.23. The molecule has 0 aliphatic carbocycles. The number of ketones is 1. The minimum atomic E-state index is -0.442. The van der Waals surface area contributed by atoms with Crippen LogP contribution in [0, 0.1) is 11.8 Å². The summed E-state index contributed by atoms with van der Waals surface area (Å²) < 4.78 is 20.6. The number of benzene rings is 4. The topological polar surface area (TPSA) is 129 Å². The molecule has 0 aliphatic rings. The third-order valence-electron chi connectivity index (χ3n) is 9.14. The molecule has 0 saturated heterocycles. The molecule has 2 atom stereocenters. The normalized spacial score (nSPS) is 11.5. The van der Waals surface area contributed by atoms with Crippen LogP contribution in [0.4, 0.5) is 0 Å². The van der Waals surface area contributed by atoms with Crippen LogP contribution in [0.15, 0.2) is 103 Å². The van der Waals surface area contributed by atoms with E-state index in [2.05, 4.69) is 27.7 Å². The highest BCUT2D eigenvalue weighted by Gasteiger charge is 2.15. The average molecular weight is 769 g/mol. The predicted octanol–water partition coefficient (Wildman–Crippen LogP) is 10.9. The zero-order chi connectivity index (χ0) is 41.1. The summed E-state index contributed by atoms with van der Waals surface area (Å²) >= 11 is 0. The van der Waals surface area contributed by atoms with Crippen molar-refractivity contribution in [1.82, 2.24) is 0 Å². The Labute approximate surface area is 333 Å². The second-order valence-electron chi connectivity index (χ2n) is 13.3. The number of hydrogen-bond acceptors (Lipinski definition) is 9. The van der Waals surface area contributed by atoms with Crippen molar-refractivity contribution in [2.24, 2.45) is 11.8 Å². The monoisotopic (exact) mass is 768 g/mol. The lowest BCUT2D eigenvalue weighted by Gasteiger charge is -2.14. The molecule has 0 spiro atoms. The smallest absolute Gasteiger partial charge is 0.341 e. The minimum absolute atomic E-state index is 0.0240. The number of rotatable bonds is 19. The van der Waals surface area contributed by atoms with Crippen LogP contribution in [0.25, 0.3) is 6.08 Å². The Bertz CT molecular complexity index is 1750. The summed E-state index contributed by atoms with van der Waals surface area (Å²) in [7, 11) is 3.14. The number of unbranched alkanes of at least 4 members (excludes halogenated alkanes) is 2. The van der Waals surface area contributed by atoms with E-state index < -0.39 is 5.97 Å². The van der Waals surface area contributed by atoms with Crippen LogP contribution in [0.2, 0.25) is 0 Å². The number of carbonyl (C=O) groups is 3. The molecule has 4 aromatic carbocycles. The lowest BCUT2D eigenvalue weighted by atomic mass is 10.0. The molecule has 302 valence electrons. The number of phenols is 2. The lowest BCUT2D eigenvalue weighted by Crippen LogP contribution is -2.14. The number of aromatic hydroxyl groups is 2. The number of hydrogen-bond donors (Lipinski definition) is 2. The second-order valence-corrected chi connectivity index (χ2v) is 13.3. The van der Waals surface area contributed by atoms with E-state index in [1.54, 1.807) is 67.8 Å².